The first-order valence-electron chi connectivity index (χ1n) is 10.9. The van der Waals surface area contributed by atoms with Crippen LogP contribution >= 0.6 is 0 Å². The molecule has 2 N–H and O–H groups in total. The molecule has 1 aliphatic rings. The Morgan fingerprint density at radius 1 is 1.19 bits per heavy atom. The molecule has 4 rings (SSSR count). The molecule has 9 heteroatoms. The Morgan fingerprint density at radius 2 is 1.97 bits per heavy atom. The second-order valence-corrected chi connectivity index (χ2v) is 8.15. The number of nitrogens with one attached hydrogen (secondary N) is 2. The number of nitrogens with zero attached hydrogens (tertiary/aromatic N) is 4. The molecule has 1 saturated heterocycles. The Bertz CT molecular complexity index is 1200. The third-order valence-electron chi connectivity index (χ3n) is 6.18. The molecule has 0 spiro atoms. The summed E-state index contributed by atoms with van der Waals surface area (Å²) in [6, 6.07) is 7.43. The van der Waals surface area contributed by atoms with E-state index in [2.05, 4.69) is 15.7 Å². The van der Waals surface area contributed by atoms with E-state index in [1.54, 1.807) is 11.9 Å². The average Bonchev–Trinajstić information content (AvgIpc) is 3.42. The lowest BCUT2D eigenvalue weighted by atomic mass is 10.1. The van der Waals surface area contributed by atoms with Gasteiger partial charge in [0, 0.05) is 36.8 Å². The fraction of sp³-hybridized carbons (Fsp3) is 0.435. The first-order valence-corrected chi connectivity index (χ1v) is 10.9. The van der Waals surface area contributed by atoms with Crippen LogP contribution in [0.1, 0.15) is 36.2 Å². The van der Waals surface area contributed by atoms with Gasteiger partial charge in [0.25, 0.3) is 0 Å². The number of carbonyl (C=O) groups is 3. The molecule has 3 amide bonds. The summed E-state index contributed by atoms with van der Waals surface area (Å²) < 4.78 is 1.83. The lowest BCUT2D eigenvalue weighted by molar-refractivity contribution is -0.138. The number of hydrogen-bond acceptors (Lipinski definition) is 5. The third kappa shape index (κ3) is 4.02. The van der Waals surface area contributed by atoms with E-state index in [9.17, 15) is 14.4 Å². The first kappa shape index (κ1) is 21.7. The normalized spacial score (nSPS) is 16.0. The summed E-state index contributed by atoms with van der Waals surface area (Å²) in [5, 5.41) is 10.9. The highest BCUT2D eigenvalue weighted by Crippen LogP contribution is 2.23. The first-order chi connectivity index (χ1) is 15.4. The molecule has 1 aliphatic heterocycles. The zero-order valence-electron chi connectivity index (χ0n) is 18.6. The van der Waals surface area contributed by atoms with Crippen molar-refractivity contribution >= 4 is 34.3 Å². The summed E-state index contributed by atoms with van der Waals surface area (Å²) in [6.07, 6.45) is 2.17. The number of fused-ring (bicyclic) bond motifs is 3. The Hall–Kier alpha value is -3.49. The highest BCUT2D eigenvalue weighted by molar-refractivity contribution is 5.92. The quantitative estimate of drug-likeness (QED) is 0.605. The Morgan fingerprint density at radius 3 is 2.75 bits per heavy atom. The van der Waals surface area contributed by atoms with E-state index in [1.165, 1.54) is 0 Å². The zero-order valence-corrected chi connectivity index (χ0v) is 18.6. The molecule has 0 aliphatic carbocycles. The van der Waals surface area contributed by atoms with Crippen LogP contribution < -0.4 is 10.6 Å². The number of aryl methyl sites for hydroxylation is 2. The number of benzene rings is 1. The maximum atomic E-state index is 12.5. The van der Waals surface area contributed by atoms with Crippen molar-refractivity contribution in [1.29, 1.82) is 0 Å². The van der Waals surface area contributed by atoms with Gasteiger partial charge < -0.3 is 15.5 Å². The van der Waals surface area contributed by atoms with Gasteiger partial charge in [0.05, 0.1) is 12.1 Å². The van der Waals surface area contributed by atoms with Crippen molar-refractivity contribution in [3.63, 3.8) is 0 Å². The molecule has 32 heavy (non-hydrogen) atoms. The Labute approximate surface area is 186 Å². The molecule has 1 unspecified atom stereocenters. The second-order valence-electron chi connectivity index (χ2n) is 8.15. The number of amides is 3. The molecule has 3 heterocycles. The summed E-state index contributed by atoms with van der Waals surface area (Å²) in [5.74, 6) is -0.607. The van der Waals surface area contributed by atoms with E-state index in [4.69, 9.17) is 4.98 Å². The SMILES string of the molecule is CNC(=O)C1CCCN1C(=O)CNC(=O)CCc1c(C)nc2c3ccccc3nn2c1C. The number of likely N-dealkylation sites (N-methyl/N-ethyl adjacent to an activating group) is 1. The van der Waals surface area contributed by atoms with Crippen LogP contribution in [-0.4, -0.2) is 63.4 Å². The van der Waals surface area contributed by atoms with E-state index >= 15 is 0 Å². The van der Waals surface area contributed by atoms with Crippen LogP contribution in [0.15, 0.2) is 24.3 Å². The topological polar surface area (TPSA) is 109 Å². The Kier molecular flexibility index (Phi) is 6.07. The second kappa shape index (κ2) is 8.94. The van der Waals surface area contributed by atoms with Crippen LogP contribution in [0.25, 0.3) is 16.6 Å². The van der Waals surface area contributed by atoms with E-state index in [-0.39, 0.29) is 30.7 Å². The van der Waals surface area contributed by atoms with Crippen LogP contribution in [-0.2, 0) is 20.8 Å². The van der Waals surface area contributed by atoms with E-state index in [0.717, 1.165) is 39.9 Å². The largest absolute Gasteiger partial charge is 0.357 e. The predicted molar refractivity (Wildman–Crippen MR) is 120 cm³/mol. The van der Waals surface area contributed by atoms with Gasteiger partial charge in [-0.05, 0) is 50.8 Å². The highest BCUT2D eigenvalue weighted by Gasteiger charge is 2.33. The van der Waals surface area contributed by atoms with Crippen molar-refractivity contribution in [3.05, 3.63) is 41.2 Å². The molecule has 1 atom stereocenters. The minimum atomic E-state index is -0.447. The molecule has 0 radical (unpaired) electrons. The molecule has 3 aromatic rings. The molecule has 168 valence electrons. The van der Waals surface area contributed by atoms with Crippen molar-refractivity contribution < 1.29 is 14.4 Å². The molecule has 2 aromatic heterocycles. The molecule has 1 aromatic carbocycles. The molecule has 1 fully saturated rings. The average molecular weight is 437 g/mol. The third-order valence-corrected chi connectivity index (χ3v) is 6.18. The molecular weight excluding hydrogens is 408 g/mol. The standard InChI is InChI=1S/C23H28N6O3/c1-14-16(15(2)29-22(26-14)17-7-4-5-8-18(17)27-29)10-11-20(30)25-13-21(31)28-12-6-9-19(28)23(32)24-3/h4-5,7-8,19H,6,9-13H2,1-3H3,(H,24,32)(H,25,30). The summed E-state index contributed by atoms with van der Waals surface area (Å²) in [6.45, 7) is 4.36. The van der Waals surface area contributed by atoms with Gasteiger partial charge in [0.2, 0.25) is 17.7 Å². The molecular formula is C23H28N6O3. The summed E-state index contributed by atoms with van der Waals surface area (Å²) in [7, 11) is 1.56. The lowest BCUT2D eigenvalue weighted by Gasteiger charge is -2.23. The maximum Gasteiger partial charge on any atom is 0.242 e. The molecule has 9 nitrogen and oxygen atoms in total. The van der Waals surface area contributed by atoms with Crippen molar-refractivity contribution in [2.45, 2.75) is 45.6 Å². The van der Waals surface area contributed by atoms with Gasteiger partial charge in [-0.25, -0.2) is 9.50 Å². The summed E-state index contributed by atoms with van der Waals surface area (Å²) in [4.78, 5) is 43.2. The number of rotatable bonds is 6. The number of hydrogen-bond donors (Lipinski definition) is 2. The van der Waals surface area contributed by atoms with Crippen molar-refractivity contribution in [2.75, 3.05) is 20.1 Å². The highest BCUT2D eigenvalue weighted by atomic mass is 16.2. The van der Waals surface area contributed by atoms with Crippen molar-refractivity contribution in [3.8, 4) is 0 Å². The van der Waals surface area contributed by atoms with Crippen LogP contribution in [0.2, 0.25) is 0 Å². The van der Waals surface area contributed by atoms with Gasteiger partial charge in [-0.3, -0.25) is 14.4 Å². The van der Waals surface area contributed by atoms with E-state index < -0.39 is 6.04 Å². The van der Waals surface area contributed by atoms with Gasteiger partial charge in [-0.2, -0.15) is 5.10 Å². The summed E-state index contributed by atoms with van der Waals surface area (Å²) >= 11 is 0. The minimum Gasteiger partial charge on any atom is -0.357 e. The van der Waals surface area contributed by atoms with Gasteiger partial charge in [0.1, 0.15) is 6.04 Å². The lowest BCUT2D eigenvalue weighted by Crippen LogP contribution is -2.48. The fourth-order valence-electron chi connectivity index (χ4n) is 4.45. The Balaban J connectivity index is 1.39. The minimum absolute atomic E-state index is 0.105. The predicted octanol–water partition coefficient (Wildman–Crippen LogP) is 1.29. The van der Waals surface area contributed by atoms with Crippen LogP contribution in [0.4, 0.5) is 0 Å². The van der Waals surface area contributed by atoms with Gasteiger partial charge in [-0.15, -0.1) is 0 Å². The van der Waals surface area contributed by atoms with Crippen LogP contribution in [0, 0.1) is 13.8 Å². The molecule has 0 saturated carbocycles. The van der Waals surface area contributed by atoms with Crippen molar-refractivity contribution in [1.82, 2.24) is 30.1 Å². The van der Waals surface area contributed by atoms with Gasteiger partial charge >= 0.3 is 0 Å². The number of aromatic nitrogens is 3. The fourth-order valence-corrected chi connectivity index (χ4v) is 4.45. The maximum absolute atomic E-state index is 12.5. The summed E-state index contributed by atoms with van der Waals surface area (Å²) in [5.41, 5.74) is 4.50. The van der Waals surface area contributed by atoms with Crippen LogP contribution in [0.3, 0.4) is 0 Å². The van der Waals surface area contributed by atoms with E-state index in [1.807, 2.05) is 42.6 Å². The zero-order chi connectivity index (χ0) is 22.8. The van der Waals surface area contributed by atoms with Gasteiger partial charge in [0.15, 0.2) is 5.65 Å². The monoisotopic (exact) mass is 436 g/mol. The van der Waals surface area contributed by atoms with Gasteiger partial charge in [-0.1, -0.05) is 12.1 Å². The number of likely N-dealkylation sites (tertiary alicyclic amines) is 1. The number of carbonyl (C=O) groups excluding carboxylic acids is 3. The smallest absolute Gasteiger partial charge is 0.242 e. The molecule has 0 bridgehead atoms. The van der Waals surface area contributed by atoms with Crippen LogP contribution in [0.5, 0.6) is 0 Å². The van der Waals surface area contributed by atoms with Crippen molar-refractivity contribution in [2.24, 2.45) is 0 Å². The van der Waals surface area contributed by atoms with E-state index in [0.29, 0.717) is 19.4 Å².